The van der Waals surface area contributed by atoms with Crippen LogP contribution in [0.3, 0.4) is 0 Å². The summed E-state index contributed by atoms with van der Waals surface area (Å²) in [5.74, 6) is -3.77. The molecule has 0 aliphatic rings. The fraction of sp³-hybridized carbons (Fsp3) is 0.188. The highest BCUT2D eigenvalue weighted by atomic mass is 35.5. The van der Waals surface area contributed by atoms with Gasteiger partial charge in [0, 0.05) is 0 Å². The van der Waals surface area contributed by atoms with Crippen molar-refractivity contribution in [3.05, 3.63) is 58.1 Å². The molecule has 0 spiro atoms. The highest BCUT2D eigenvalue weighted by molar-refractivity contribution is 6.33. The highest BCUT2D eigenvalue weighted by Gasteiger charge is 2.19. The van der Waals surface area contributed by atoms with Gasteiger partial charge < -0.3 is 10.4 Å². The highest BCUT2D eigenvalue weighted by Crippen LogP contribution is 2.30. The van der Waals surface area contributed by atoms with Gasteiger partial charge in [-0.1, -0.05) is 31.5 Å². The molecule has 0 unspecified atom stereocenters. The second kappa shape index (κ2) is 7.75. The molecular weight excluding hydrogens is 312 g/mol. The average molecular weight is 328 g/mol. The van der Waals surface area contributed by atoms with Gasteiger partial charge in [0.25, 0.3) is 0 Å². The minimum atomic E-state index is -1.37. The fourth-order valence-corrected chi connectivity index (χ4v) is 1.99. The van der Waals surface area contributed by atoms with E-state index in [4.69, 9.17) is 16.7 Å². The minimum absolute atomic E-state index is 0.282. The molecule has 2 rings (SSSR count). The molecule has 0 saturated heterocycles. The van der Waals surface area contributed by atoms with Crippen LogP contribution in [0.25, 0.3) is 0 Å². The van der Waals surface area contributed by atoms with Crippen LogP contribution in [-0.4, -0.2) is 11.1 Å². The van der Waals surface area contributed by atoms with E-state index in [-0.39, 0.29) is 10.6 Å². The van der Waals surface area contributed by atoms with Gasteiger partial charge in [-0.15, -0.1) is 0 Å². The quantitative estimate of drug-likeness (QED) is 0.794. The standard InChI is InChI=1S/C14H10ClF2NO2.C2H6/c1-7-2-5-11(9(15)6-7)18-13-8(14(19)20)3-4-10(16)12(13)17;1-2/h2-6,18H,1H3,(H,19,20);1-2H3. The SMILES string of the molecule is CC.Cc1ccc(Nc2c(C(=O)O)ccc(F)c2F)c(Cl)c1. The minimum Gasteiger partial charge on any atom is -0.478 e. The first-order valence-corrected chi connectivity index (χ1v) is 7.02. The Kier molecular flexibility index (Phi) is 6.31. The third kappa shape index (κ3) is 3.95. The number of carboxylic acid groups (broad SMARTS) is 1. The summed E-state index contributed by atoms with van der Waals surface area (Å²) >= 11 is 5.98. The molecule has 0 fully saturated rings. The number of hydrogen-bond acceptors (Lipinski definition) is 2. The van der Waals surface area contributed by atoms with Crippen molar-refractivity contribution in [2.75, 3.05) is 5.32 Å². The number of carbonyl (C=O) groups is 1. The zero-order chi connectivity index (χ0) is 16.9. The maximum atomic E-state index is 13.8. The van der Waals surface area contributed by atoms with E-state index in [0.717, 1.165) is 17.7 Å². The number of hydrogen-bond donors (Lipinski definition) is 2. The summed E-state index contributed by atoms with van der Waals surface area (Å²) in [5, 5.41) is 11.8. The first-order chi connectivity index (χ1) is 10.4. The van der Waals surface area contributed by atoms with Crippen LogP contribution in [0.2, 0.25) is 5.02 Å². The lowest BCUT2D eigenvalue weighted by Crippen LogP contribution is -2.06. The molecule has 0 aliphatic carbocycles. The Morgan fingerprint density at radius 3 is 2.36 bits per heavy atom. The zero-order valence-corrected chi connectivity index (χ0v) is 13.1. The predicted octanol–water partition coefficient (Wildman–Crippen LogP) is 5.39. The summed E-state index contributed by atoms with van der Waals surface area (Å²) < 4.78 is 27.0. The second-order valence-electron chi connectivity index (χ2n) is 4.20. The third-order valence-corrected chi connectivity index (χ3v) is 3.02. The molecule has 0 amide bonds. The Morgan fingerprint density at radius 2 is 1.82 bits per heavy atom. The normalized spacial score (nSPS) is 9.73. The number of aryl methyl sites for hydroxylation is 1. The van der Waals surface area contributed by atoms with Crippen LogP contribution in [-0.2, 0) is 0 Å². The van der Waals surface area contributed by atoms with Crippen LogP contribution >= 0.6 is 11.6 Å². The lowest BCUT2D eigenvalue weighted by atomic mass is 10.1. The van der Waals surface area contributed by atoms with Crippen LogP contribution in [0.4, 0.5) is 20.2 Å². The van der Waals surface area contributed by atoms with Crippen LogP contribution in [0.1, 0.15) is 29.8 Å². The van der Waals surface area contributed by atoms with E-state index in [1.807, 2.05) is 20.8 Å². The Morgan fingerprint density at radius 1 is 1.18 bits per heavy atom. The summed E-state index contributed by atoms with van der Waals surface area (Å²) in [5.41, 5.74) is 0.354. The summed E-state index contributed by atoms with van der Waals surface area (Å²) in [6.45, 7) is 5.82. The van der Waals surface area contributed by atoms with E-state index >= 15 is 0 Å². The first kappa shape index (κ1) is 17.9. The largest absolute Gasteiger partial charge is 0.478 e. The molecule has 0 bridgehead atoms. The predicted molar refractivity (Wildman–Crippen MR) is 84.1 cm³/mol. The maximum Gasteiger partial charge on any atom is 0.337 e. The van der Waals surface area contributed by atoms with E-state index in [9.17, 15) is 13.6 Å². The van der Waals surface area contributed by atoms with Crippen molar-refractivity contribution >= 4 is 28.9 Å². The van der Waals surface area contributed by atoms with Gasteiger partial charge in [0.05, 0.1) is 22.0 Å². The molecule has 3 nitrogen and oxygen atoms in total. The molecule has 22 heavy (non-hydrogen) atoms. The lowest BCUT2D eigenvalue weighted by molar-refractivity contribution is 0.0697. The summed E-state index contributed by atoms with van der Waals surface area (Å²) in [6, 6.07) is 6.66. The van der Waals surface area contributed by atoms with E-state index < -0.39 is 23.3 Å². The monoisotopic (exact) mass is 327 g/mol. The van der Waals surface area contributed by atoms with Gasteiger partial charge in [-0.25, -0.2) is 13.6 Å². The van der Waals surface area contributed by atoms with E-state index in [0.29, 0.717) is 5.69 Å². The Labute approximate surface area is 132 Å². The topological polar surface area (TPSA) is 49.3 Å². The van der Waals surface area contributed by atoms with Crippen molar-refractivity contribution in [1.29, 1.82) is 0 Å². The van der Waals surface area contributed by atoms with Gasteiger partial charge in [0.15, 0.2) is 11.6 Å². The van der Waals surface area contributed by atoms with Crippen molar-refractivity contribution in [2.45, 2.75) is 20.8 Å². The van der Waals surface area contributed by atoms with Gasteiger partial charge in [-0.2, -0.15) is 0 Å². The molecule has 0 aliphatic heterocycles. The Balaban J connectivity index is 0.00000116. The third-order valence-electron chi connectivity index (χ3n) is 2.71. The molecule has 118 valence electrons. The van der Waals surface area contributed by atoms with Gasteiger partial charge in [-0.3, -0.25) is 0 Å². The van der Waals surface area contributed by atoms with Gasteiger partial charge >= 0.3 is 5.97 Å². The molecular formula is C16H16ClF2NO2. The van der Waals surface area contributed by atoms with Gasteiger partial charge in [0.2, 0.25) is 0 Å². The van der Waals surface area contributed by atoms with Gasteiger partial charge in [-0.05, 0) is 36.8 Å². The molecule has 0 saturated carbocycles. The van der Waals surface area contributed by atoms with Crippen LogP contribution in [0, 0.1) is 18.6 Å². The number of benzene rings is 2. The molecule has 2 aromatic carbocycles. The maximum absolute atomic E-state index is 13.8. The summed E-state index contributed by atoms with van der Waals surface area (Å²) in [6.07, 6.45) is 0. The van der Waals surface area contributed by atoms with Crippen LogP contribution in [0.5, 0.6) is 0 Å². The number of carboxylic acids is 1. The molecule has 2 N–H and O–H groups in total. The second-order valence-corrected chi connectivity index (χ2v) is 4.60. The van der Waals surface area contributed by atoms with Crippen LogP contribution < -0.4 is 5.32 Å². The number of rotatable bonds is 3. The number of nitrogens with one attached hydrogen (secondary N) is 1. The summed E-state index contributed by atoms with van der Waals surface area (Å²) in [7, 11) is 0. The average Bonchev–Trinajstić information content (AvgIpc) is 2.48. The van der Waals surface area contributed by atoms with Gasteiger partial charge in [0.1, 0.15) is 0 Å². The van der Waals surface area contributed by atoms with Crippen molar-refractivity contribution in [3.8, 4) is 0 Å². The molecule has 0 atom stereocenters. The number of anilines is 2. The van der Waals surface area contributed by atoms with Crippen molar-refractivity contribution < 1.29 is 18.7 Å². The molecule has 0 radical (unpaired) electrons. The van der Waals surface area contributed by atoms with Crippen molar-refractivity contribution in [1.82, 2.24) is 0 Å². The number of halogens is 3. The molecule has 2 aromatic rings. The molecule has 0 heterocycles. The van der Waals surface area contributed by atoms with Crippen molar-refractivity contribution in [2.24, 2.45) is 0 Å². The van der Waals surface area contributed by atoms with E-state index in [1.165, 1.54) is 0 Å². The molecule has 6 heteroatoms. The number of aromatic carboxylic acids is 1. The summed E-state index contributed by atoms with van der Waals surface area (Å²) in [4.78, 5) is 11.1. The lowest BCUT2D eigenvalue weighted by Gasteiger charge is -2.13. The zero-order valence-electron chi connectivity index (χ0n) is 12.4. The van der Waals surface area contributed by atoms with E-state index in [2.05, 4.69) is 5.32 Å². The van der Waals surface area contributed by atoms with E-state index in [1.54, 1.807) is 18.2 Å². The van der Waals surface area contributed by atoms with Crippen LogP contribution in [0.15, 0.2) is 30.3 Å². The fourth-order valence-electron chi connectivity index (χ4n) is 1.71. The Bertz CT molecular complexity index is 690. The molecule has 0 aromatic heterocycles. The smallest absolute Gasteiger partial charge is 0.337 e. The first-order valence-electron chi connectivity index (χ1n) is 6.64. The Hall–Kier alpha value is -2.14. The van der Waals surface area contributed by atoms with Crippen molar-refractivity contribution in [3.63, 3.8) is 0 Å².